The molecule has 0 spiro atoms. The zero-order chi connectivity index (χ0) is 18.6. The minimum absolute atomic E-state index is 0. The zero-order valence-corrected chi connectivity index (χ0v) is 19.5. The number of ether oxygens (including phenoxy) is 1. The molecule has 0 aromatic heterocycles. The van der Waals surface area contributed by atoms with E-state index in [-0.39, 0.29) is 41.5 Å². The lowest BCUT2D eigenvalue weighted by molar-refractivity contribution is 0.0963. The number of halogens is 2. The van der Waals surface area contributed by atoms with Crippen molar-refractivity contribution < 1.29 is 9.53 Å². The standard InChI is InChI=1S/C19H27BrN4O2.HI/c1-2-26-18(25)24-10-6-16(7-11-24)23-17(21)22-13-19(8-9-19)14-4-3-5-15(20)12-14;/h3-5,12,16H,2,6-11,13H2,1H3,(H3,21,22,23);1H. The van der Waals surface area contributed by atoms with Crippen LogP contribution in [0.15, 0.2) is 33.7 Å². The van der Waals surface area contributed by atoms with Crippen molar-refractivity contribution in [3.63, 3.8) is 0 Å². The number of nitrogens with one attached hydrogen (secondary N) is 1. The second-order valence-electron chi connectivity index (χ2n) is 7.10. The van der Waals surface area contributed by atoms with Crippen molar-refractivity contribution in [2.45, 2.75) is 44.1 Å². The Morgan fingerprint density at radius 1 is 1.41 bits per heavy atom. The Balaban J connectivity index is 0.00000261. The van der Waals surface area contributed by atoms with Gasteiger partial charge in [-0.25, -0.2) is 4.79 Å². The van der Waals surface area contributed by atoms with Crippen LogP contribution in [-0.4, -0.2) is 49.2 Å². The molecule has 1 amide bonds. The summed E-state index contributed by atoms with van der Waals surface area (Å²) in [5.74, 6) is 0.501. The maximum absolute atomic E-state index is 11.7. The van der Waals surface area contributed by atoms with Crippen LogP contribution >= 0.6 is 39.9 Å². The average molecular weight is 551 g/mol. The number of rotatable bonds is 5. The van der Waals surface area contributed by atoms with Gasteiger partial charge in [-0.2, -0.15) is 0 Å². The van der Waals surface area contributed by atoms with Crippen molar-refractivity contribution >= 4 is 52.0 Å². The van der Waals surface area contributed by atoms with Crippen molar-refractivity contribution in [1.29, 1.82) is 0 Å². The van der Waals surface area contributed by atoms with Crippen LogP contribution in [-0.2, 0) is 10.2 Å². The number of hydrogen-bond donors (Lipinski definition) is 2. The molecule has 2 aliphatic rings. The molecule has 1 saturated carbocycles. The summed E-state index contributed by atoms with van der Waals surface area (Å²) in [7, 11) is 0. The normalized spacial score (nSPS) is 19.2. The molecule has 1 heterocycles. The fourth-order valence-electron chi connectivity index (χ4n) is 3.42. The first-order valence-electron chi connectivity index (χ1n) is 9.26. The van der Waals surface area contributed by atoms with Gasteiger partial charge in [0.2, 0.25) is 0 Å². The minimum Gasteiger partial charge on any atom is -0.450 e. The number of aliphatic imine (C=N–C) groups is 1. The summed E-state index contributed by atoms with van der Waals surface area (Å²) in [5, 5.41) is 3.31. The maximum atomic E-state index is 11.7. The van der Waals surface area contributed by atoms with E-state index < -0.39 is 0 Å². The number of nitrogens with zero attached hydrogens (tertiary/aromatic N) is 2. The van der Waals surface area contributed by atoms with Crippen LogP contribution < -0.4 is 11.1 Å². The van der Waals surface area contributed by atoms with E-state index in [1.165, 1.54) is 5.56 Å². The Kier molecular flexibility index (Phi) is 8.20. The van der Waals surface area contributed by atoms with Gasteiger partial charge in [-0.15, -0.1) is 24.0 Å². The molecule has 1 aromatic rings. The van der Waals surface area contributed by atoms with Gasteiger partial charge in [-0.1, -0.05) is 28.1 Å². The molecule has 0 atom stereocenters. The highest BCUT2D eigenvalue weighted by Crippen LogP contribution is 2.48. The quantitative estimate of drug-likeness (QED) is 0.333. The van der Waals surface area contributed by atoms with Gasteiger partial charge in [-0.3, -0.25) is 4.99 Å². The van der Waals surface area contributed by atoms with Crippen LogP contribution in [0.2, 0.25) is 0 Å². The number of carbonyl (C=O) groups is 1. The molecule has 0 bridgehead atoms. The topological polar surface area (TPSA) is 80.0 Å². The summed E-state index contributed by atoms with van der Waals surface area (Å²) in [5.41, 5.74) is 7.58. The first-order chi connectivity index (χ1) is 12.5. The number of carbonyl (C=O) groups excluding carboxylic acids is 1. The molecule has 2 fully saturated rings. The van der Waals surface area contributed by atoms with Gasteiger partial charge in [0.25, 0.3) is 0 Å². The first-order valence-corrected chi connectivity index (χ1v) is 10.1. The Bertz CT molecular complexity index is 673. The van der Waals surface area contributed by atoms with E-state index in [1.54, 1.807) is 4.90 Å². The largest absolute Gasteiger partial charge is 0.450 e. The van der Waals surface area contributed by atoms with Crippen LogP contribution in [0.1, 0.15) is 38.2 Å². The Morgan fingerprint density at radius 3 is 2.70 bits per heavy atom. The average Bonchev–Trinajstić information content (AvgIpc) is 3.42. The molecule has 8 heteroatoms. The van der Waals surface area contributed by atoms with E-state index in [9.17, 15) is 4.79 Å². The van der Waals surface area contributed by atoms with Gasteiger partial charge in [0.15, 0.2) is 5.96 Å². The number of likely N-dealkylation sites (tertiary alicyclic amines) is 1. The van der Waals surface area contributed by atoms with E-state index in [4.69, 9.17) is 10.5 Å². The molecular formula is C19H28BrIN4O2. The van der Waals surface area contributed by atoms with Crippen LogP contribution in [0.25, 0.3) is 0 Å². The third-order valence-corrected chi connectivity index (χ3v) is 5.71. The van der Waals surface area contributed by atoms with Crippen LogP contribution in [0.3, 0.4) is 0 Å². The SMILES string of the molecule is CCOC(=O)N1CCC(NC(N)=NCC2(c3cccc(Br)c3)CC2)CC1.I. The number of piperidine rings is 1. The van der Waals surface area contributed by atoms with E-state index in [2.05, 4.69) is 44.4 Å². The predicted molar refractivity (Wildman–Crippen MR) is 122 cm³/mol. The van der Waals surface area contributed by atoms with Gasteiger partial charge >= 0.3 is 6.09 Å². The molecule has 1 aliphatic heterocycles. The number of guanidine groups is 1. The third kappa shape index (κ3) is 5.97. The van der Waals surface area contributed by atoms with Crippen molar-refractivity contribution in [3.05, 3.63) is 34.3 Å². The Morgan fingerprint density at radius 2 is 2.11 bits per heavy atom. The summed E-state index contributed by atoms with van der Waals surface area (Å²) >= 11 is 3.54. The maximum Gasteiger partial charge on any atom is 0.409 e. The molecule has 27 heavy (non-hydrogen) atoms. The number of hydrogen-bond acceptors (Lipinski definition) is 3. The summed E-state index contributed by atoms with van der Waals surface area (Å²) in [6, 6.07) is 8.72. The summed E-state index contributed by atoms with van der Waals surface area (Å²) in [6.07, 6.45) is 3.78. The smallest absolute Gasteiger partial charge is 0.409 e. The highest BCUT2D eigenvalue weighted by molar-refractivity contribution is 14.0. The van der Waals surface area contributed by atoms with Gasteiger partial charge in [0.05, 0.1) is 13.2 Å². The second kappa shape index (κ2) is 9.95. The summed E-state index contributed by atoms with van der Waals surface area (Å²) < 4.78 is 6.15. The van der Waals surface area contributed by atoms with Crippen molar-refractivity contribution in [3.8, 4) is 0 Å². The van der Waals surface area contributed by atoms with Crippen molar-refractivity contribution in [2.24, 2.45) is 10.7 Å². The molecule has 150 valence electrons. The van der Waals surface area contributed by atoms with Crippen LogP contribution in [0.4, 0.5) is 4.79 Å². The molecule has 1 aromatic carbocycles. The van der Waals surface area contributed by atoms with Crippen molar-refractivity contribution in [1.82, 2.24) is 10.2 Å². The molecule has 3 N–H and O–H groups in total. The van der Waals surface area contributed by atoms with Crippen LogP contribution in [0.5, 0.6) is 0 Å². The van der Waals surface area contributed by atoms with Gasteiger partial charge in [0.1, 0.15) is 0 Å². The Labute approximate surface area is 186 Å². The van der Waals surface area contributed by atoms with E-state index in [1.807, 2.05) is 13.0 Å². The molecular weight excluding hydrogens is 523 g/mol. The van der Waals surface area contributed by atoms with E-state index >= 15 is 0 Å². The lowest BCUT2D eigenvalue weighted by atomic mass is 9.96. The highest BCUT2D eigenvalue weighted by Gasteiger charge is 2.44. The predicted octanol–water partition coefficient (Wildman–Crippen LogP) is 3.62. The third-order valence-electron chi connectivity index (χ3n) is 5.22. The summed E-state index contributed by atoms with van der Waals surface area (Å²) in [6.45, 7) is 4.32. The molecule has 1 saturated heterocycles. The van der Waals surface area contributed by atoms with Gasteiger partial charge < -0.3 is 20.7 Å². The lowest BCUT2D eigenvalue weighted by Gasteiger charge is -2.31. The monoisotopic (exact) mass is 550 g/mol. The van der Waals surface area contributed by atoms with Gasteiger partial charge in [0, 0.05) is 29.0 Å². The molecule has 3 rings (SSSR count). The lowest BCUT2D eigenvalue weighted by Crippen LogP contribution is -2.48. The highest BCUT2D eigenvalue weighted by atomic mass is 127. The first kappa shape index (κ1) is 22.3. The fraction of sp³-hybridized carbons (Fsp3) is 0.579. The molecule has 0 unspecified atom stereocenters. The van der Waals surface area contributed by atoms with Crippen LogP contribution in [0, 0.1) is 0 Å². The van der Waals surface area contributed by atoms with Gasteiger partial charge in [-0.05, 0) is 50.3 Å². The van der Waals surface area contributed by atoms with Crippen molar-refractivity contribution in [2.75, 3.05) is 26.2 Å². The van der Waals surface area contributed by atoms with E-state index in [0.29, 0.717) is 32.2 Å². The molecule has 6 nitrogen and oxygen atoms in total. The zero-order valence-electron chi connectivity index (χ0n) is 15.6. The number of benzene rings is 1. The number of amides is 1. The minimum atomic E-state index is -0.225. The van der Waals surface area contributed by atoms with E-state index in [0.717, 1.165) is 30.2 Å². The Hall–Kier alpha value is -1.03. The number of nitrogens with two attached hydrogens (primary N) is 1. The second-order valence-corrected chi connectivity index (χ2v) is 8.01. The summed E-state index contributed by atoms with van der Waals surface area (Å²) in [4.78, 5) is 18.1. The molecule has 0 radical (unpaired) electrons. The fourth-order valence-corrected chi connectivity index (χ4v) is 3.82. The molecule has 1 aliphatic carbocycles.